The summed E-state index contributed by atoms with van der Waals surface area (Å²) in [7, 11) is -3.89. The minimum Gasteiger partial charge on any atom is -0.337 e. The maximum atomic E-state index is 12.9. The number of halogens is 1. The Kier molecular flexibility index (Phi) is 4.08. The second kappa shape index (κ2) is 5.78. The number of hydrogen-bond acceptors (Lipinski definition) is 4. The Bertz CT molecular complexity index is 803. The van der Waals surface area contributed by atoms with Crippen LogP contribution in [-0.2, 0) is 14.8 Å². The van der Waals surface area contributed by atoms with E-state index >= 15 is 0 Å². The van der Waals surface area contributed by atoms with Crippen molar-refractivity contribution in [2.75, 3.05) is 13.1 Å². The zero-order valence-corrected chi connectivity index (χ0v) is 14.1. The highest BCUT2D eigenvalue weighted by molar-refractivity contribution is 7.89. The fourth-order valence-electron chi connectivity index (χ4n) is 3.26. The molecule has 1 amide bonds. The molecule has 0 aliphatic carbocycles. The first-order chi connectivity index (χ1) is 10.9. The molecular weight excluding hydrogens is 338 g/mol. The van der Waals surface area contributed by atoms with Gasteiger partial charge in [-0.15, -0.1) is 0 Å². The van der Waals surface area contributed by atoms with E-state index in [2.05, 4.69) is 0 Å². The standard InChI is InChI=1S/C15H16ClN3O3S/c1-10-15(20)18-6-2-3-12(18)9-19(10)23(21,22)14-5-4-11(8-17)7-13(14)16/h4-5,7,10,12H,2-3,6,9H2,1H3/t10-,12+/m0/s1. The van der Waals surface area contributed by atoms with Crippen LogP contribution in [0.2, 0.25) is 5.02 Å². The van der Waals surface area contributed by atoms with E-state index in [4.69, 9.17) is 16.9 Å². The Labute approximate surface area is 140 Å². The minimum atomic E-state index is -3.89. The average molecular weight is 354 g/mol. The molecule has 2 saturated heterocycles. The lowest BCUT2D eigenvalue weighted by Crippen LogP contribution is -2.59. The van der Waals surface area contributed by atoms with Crippen LogP contribution >= 0.6 is 11.6 Å². The first-order valence-electron chi connectivity index (χ1n) is 7.38. The number of amides is 1. The highest BCUT2D eigenvalue weighted by atomic mass is 35.5. The van der Waals surface area contributed by atoms with Crippen molar-refractivity contribution in [3.8, 4) is 6.07 Å². The van der Waals surface area contributed by atoms with E-state index in [0.29, 0.717) is 12.1 Å². The van der Waals surface area contributed by atoms with E-state index < -0.39 is 16.1 Å². The quantitative estimate of drug-likeness (QED) is 0.808. The lowest BCUT2D eigenvalue weighted by Gasteiger charge is -2.40. The molecule has 0 aromatic heterocycles. The van der Waals surface area contributed by atoms with Crippen molar-refractivity contribution >= 4 is 27.5 Å². The number of nitriles is 1. The van der Waals surface area contributed by atoms with Crippen LogP contribution < -0.4 is 0 Å². The van der Waals surface area contributed by atoms with Crippen LogP contribution in [0, 0.1) is 11.3 Å². The second-order valence-electron chi connectivity index (χ2n) is 5.84. The third-order valence-electron chi connectivity index (χ3n) is 4.49. The maximum Gasteiger partial charge on any atom is 0.245 e. The normalized spacial score (nSPS) is 25.3. The van der Waals surface area contributed by atoms with E-state index in [0.717, 1.165) is 12.8 Å². The number of piperazine rings is 1. The molecule has 2 atom stereocenters. The second-order valence-corrected chi connectivity index (χ2v) is 8.10. The monoisotopic (exact) mass is 353 g/mol. The minimum absolute atomic E-state index is 0.00227. The van der Waals surface area contributed by atoms with Crippen molar-refractivity contribution in [2.24, 2.45) is 0 Å². The molecule has 2 fully saturated rings. The van der Waals surface area contributed by atoms with Crippen LogP contribution in [0.15, 0.2) is 23.1 Å². The van der Waals surface area contributed by atoms with Crippen molar-refractivity contribution in [1.82, 2.24) is 9.21 Å². The fraction of sp³-hybridized carbons (Fsp3) is 0.467. The van der Waals surface area contributed by atoms with E-state index in [1.165, 1.54) is 22.5 Å². The Balaban J connectivity index is 1.99. The van der Waals surface area contributed by atoms with Gasteiger partial charge in [-0.3, -0.25) is 4.79 Å². The zero-order chi connectivity index (χ0) is 16.8. The molecule has 2 heterocycles. The molecular formula is C15H16ClN3O3S. The summed E-state index contributed by atoms with van der Waals surface area (Å²) in [5, 5.41) is 8.86. The van der Waals surface area contributed by atoms with Gasteiger partial charge in [0.15, 0.2) is 0 Å². The Morgan fingerprint density at radius 3 is 2.78 bits per heavy atom. The summed E-state index contributed by atoms with van der Waals surface area (Å²) in [6, 6.07) is 5.17. The fourth-order valence-corrected chi connectivity index (χ4v) is 5.40. The molecule has 0 N–H and O–H groups in total. The SMILES string of the molecule is C[C@H]1C(=O)N2CCC[C@@H]2CN1S(=O)(=O)c1ccc(C#N)cc1Cl. The van der Waals surface area contributed by atoms with Crippen LogP contribution in [-0.4, -0.2) is 48.7 Å². The van der Waals surface area contributed by atoms with Crippen LogP contribution in [0.4, 0.5) is 0 Å². The molecule has 122 valence electrons. The molecule has 6 nitrogen and oxygen atoms in total. The van der Waals surface area contributed by atoms with Gasteiger partial charge in [-0.25, -0.2) is 8.42 Å². The van der Waals surface area contributed by atoms with Gasteiger partial charge in [0.1, 0.15) is 10.9 Å². The lowest BCUT2D eigenvalue weighted by molar-refractivity contribution is -0.139. The van der Waals surface area contributed by atoms with Gasteiger partial charge in [0.25, 0.3) is 0 Å². The van der Waals surface area contributed by atoms with Crippen molar-refractivity contribution in [3.05, 3.63) is 28.8 Å². The third-order valence-corrected chi connectivity index (χ3v) is 6.91. The summed E-state index contributed by atoms with van der Waals surface area (Å²) >= 11 is 6.05. The van der Waals surface area contributed by atoms with Gasteiger partial charge >= 0.3 is 0 Å². The zero-order valence-electron chi connectivity index (χ0n) is 12.6. The van der Waals surface area contributed by atoms with E-state index in [1.807, 2.05) is 6.07 Å². The summed E-state index contributed by atoms with van der Waals surface area (Å²) in [6.07, 6.45) is 1.71. The Morgan fingerprint density at radius 1 is 1.39 bits per heavy atom. The number of carbonyl (C=O) groups excluding carboxylic acids is 1. The number of sulfonamides is 1. The third kappa shape index (κ3) is 2.61. The van der Waals surface area contributed by atoms with Gasteiger partial charge in [-0.1, -0.05) is 11.6 Å². The van der Waals surface area contributed by atoms with Gasteiger partial charge in [0.05, 0.1) is 16.7 Å². The summed E-state index contributed by atoms with van der Waals surface area (Å²) in [5.41, 5.74) is 0.290. The predicted molar refractivity (Wildman–Crippen MR) is 84.3 cm³/mol. The molecule has 0 radical (unpaired) electrons. The van der Waals surface area contributed by atoms with Gasteiger partial charge in [-0.2, -0.15) is 9.57 Å². The van der Waals surface area contributed by atoms with E-state index in [9.17, 15) is 13.2 Å². The number of nitrogens with zero attached hydrogens (tertiary/aromatic N) is 3. The van der Waals surface area contributed by atoms with Gasteiger partial charge in [0, 0.05) is 19.1 Å². The maximum absolute atomic E-state index is 12.9. The van der Waals surface area contributed by atoms with Crippen LogP contribution in [0.3, 0.4) is 0 Å². The van der Waals surface area contributed by atoms with Gasteiger partial charge in [-0.05, 0) is 38.0 Å². The van der Waals surface area contributed by atoms with Crippen LogP contribution in [0.1, 0.15) is 25.3 Å². The van der Waals surface area contributed by atoms with Crippen LogP contribution in [0.25, 0.3) is 0 Å². The van der Waals surface area contributed by atoms with E-state index in [1.54, 1.807) is 11.8 Å². The van der Waals surface area contributed by atoms with Gasteiger partial charge in [0.2, 0.25) is 15.9 Å². The molecule has 3 rings (SSSR count). The number of fused-ring (bicyclic) bond motifs is 1. The lowest BCUT2D eigenvalue weighted by atomic mass is 10.1. The molecule has 8 heteroatoms. The van der Waals surface area contributed by atoms with Crippen molar-refractivity contribution in [3.63, 3.8) is 0 Å². The topological polar surface area (TPSA) is 81.5 Å². The molecule has 1 aromatic carbocycles. The molecule has 0 saturated carbocycles. The van der Waals surface area contributed by atoms with E-state index in [-0.39, 0.29) is 28.4 Å². The van der Waals surface area contributed by atoms with Crippen molar-refractivity contribution in [2.45, 2.75) is 36.7 Å². The molecule has 2 aliphatic rings. The number of hydrogen-bond donors (Lipinski definition) is 0. The molecule has 0 unspecified atom stereocenters. The first kappa shape index (κ1) is 16.2. The molecule has 1 aromatic rings. The highest BCUT2D eigenvalue weighted by Crippen LogP contribution is 2.32. The average Bonchev–Trinajstić information content (AvgIpc) is 2.99. The first-order valence-corrected chi connectivity index (χ1v) is 9.20. The highest BCUT2D eigenvalue weighted by Gasteiger charge is 2.45. The largest absolute Gasteiger partial charge is 0.337 e. The summed E-state index contributed by atoms with van der Waals surface area (Å²) in [4.78, 5) is 14.1. The molecule has 2 aliphatic heterocycles. The van der Waals surface area contributed by atoms with Crippen LogP contribution in [0.5, 0.6) is 0 Å². The smallest absolute Gasteiger partial charge is 0.245 e. The number of rotatable bonds is 2. The molecule has 23 heavy (non-hydrogen) atoms. The Morgan fingerprint density at radius 2 is 2.13 bits per heavy atom. The predicted octanol–water partition coefficient (Wildman–Crippen LogP) is 1.60. The summed E-state index contributed by atoms with van der Waals surface area (Å²) < 4.78 is 27.1. The molecule has 0 spiro atoms. The summed E-state index contributed by atoms with van der Waals surface area (Å²) in [5.74, 6) is -0.160. The van der Waals surface area contributed by atoms with Crippen molar-refractivity contribution < 1.29 is 13.2 Å². The Hall–Kier alpha value is -1.62. The van der Waals surface area contributed by atoms with Crippen molar-refractivity contribution in [1.29, 1.82) is 5.26 Å². The molecule has 0 bridgehead atoms. The number of benzene rings is 1. The number of carbonyl (C=O) groups is 1. The van der Waals surface area contributed by atoms with Gasteiger partial charge < -0.3 is 4.90 Å². The summed E-state index contributed by atoms with van der Waals surface area (Å²) in [6.45, 7) is 2.58.